The van der Waals surface area contributed by atoms with Crippen molar-refractivity contribution < 1.29 is 13.9 Å². The number of ether oxygens (including phenoxy) is 1. The molecule has 5 heteroatoms. The third kappa shape index (κ3) is 3.93. The lowest BCUT2D eigenvalue weighted by molar-refractivity contribution is 0.0833. The van der Waals surface area contributed by atoms with Crippen LogP contribution in [0.3, 0.4) is 0 Å². The number of carbonyl (C=O) groups is 1. The molecule has 2 atom stereocenters. The Morgan fingerprint density at radius 2 is 2.30 bits per heavy atom. The molecule has 0 bridgehead atoms. The van der Waals surface area contributed by atoms with E-state index in [1.54, 1.807) is 17.9 Å². The summed E-state index contributed by atoms with van der Waals surface area (Å²) in [5.74, 6) is 0.00909. The van der Waals surface area contributed by atoms with E-state index in [9.17, 15) is 9.18 Å². The summed E-state index contributed by atoms with van der Waals surface area (Å²) in [5.41, 5.74) is 6.95. The number of rotatable bonds is 3. The maximum Gasteiger partial charge on any atom is 0.409 e. The first kappa shape index (κ1) is 14.8. The lowest BCUT2D eigenvalue weighted by Gasteiger charge is -2.35. The maximum atomic E-state index is 13.2. The molecule has 2 unspecified atom stereocenters. The van der Waals surface area contributed by atoms with E-state index in [4.69, 9.17) is 10.5 Å². The summed E-state index contributed by atoms with van der Waals surface area (Å²) < 4.78 is 18.2. The van der Waals surface area contributed by atoms with Gasteiger partial charge in [0.05, 0.1) is 6.61 Å². The Balaban J connectivity index is 1.99. The van der Waals surface area contributed by atoms with Crippen molar-refractivity contribution in [1.82, 2.24) is 4.90 Å². The predicted octanol–water partition coefficient (Wildman–Crippen LogP) is 2.17. The van der Waals surface area contributed by atoms with Crippen molar-refractivity contribution in [1.29, 1.82) is 0 Å². The first-order valence-electron chi connectivity index (χ1n) is 7.00. The zero-order valence-corrected chi connectivity index (χ0v) is 11.7. The molecule has 1 heterocycles. The van der Waals surface area contributed by atoms with Gasteiger partial charge in [-0.25, -0.2) is 9.18 Å². The Hall–Kier alpha value is -1.62. The van der Waals surface area contributed by atoms with Crippen molar-refractivity contribution in [2.75, 3.05) is 19.7 Å². The number of likely N-dealkylation sites (tertiary alicyclic amines) is 1. The van der Waals surface area contributed by atoms with Gasteiger partial charge >= 0.3 is 6.09 Å². The molecule has 110 valence electrons. The molecule has 4 nitrogen and oxygen atoms in total. The Morgan fingerprint density at radius 3 is 3.00 bits per heavy atom. The van der Waals surface area contributed by atoms with Gasteiger partial charge in [0, 0.05) is 19.1 Å². The van der Waals surface area contributed by atoms with E-state index in [0.29, 0.717) is 19.7 Å². The maximum absolute atomic E-state index is 13.2. The first-order chi connectivity index (χ1) is 9.58. The van der Waals surface area contributed by atoms with Gasteiger partial charge in [0.1, 0.15) is 5.82 Å². The molecule has 0 spiro atoms. The highest BCUT2D eigenvalue weighted by Crippen LogP contribution is 2.21. The van der Waals surface area contributed by atoms with Gasteiger partial charge in [0.15, 0.2) is 0 Å². The van der Waals surface area contributed by atoms with Crippen LogP contribution in [0, 0.1) is 11.7 Å². The number of benzene rings is 1. The highest BCUT2D eigenvalue weighted by atomic mass is 19.1. The lowest BCUT2D eigenvalue weighted by atomic mass is 9.89. The summed E-state index contributed by atoms with van der Waals surface area (Å²) in [5, 5.41) is 0. The van der Waals surface area contributed by atoms with E-state index in [-0.39, 0.29) is 23.9 Å². The molecule has 20 heavy (non-hydrogen) atoms. The highest BCUT2D eigenvalue weighted by Gasteiger charge is 2.28. The Bertz CT molecular complexity index is 467. The molecule has 1 aromatic rings. The summed E-state index contributed by atoms with van der Waals surface area (Å²) in [6.07, 6.45) is 1.25. The zero-order valence-electron chi connectivity index (χ0n) is 11.7. The topological polar surface area (TPSA) is 55.6 Å². The van der Waals surface area contributed by atoms with Crippen LogP contribution in [0.5, 0.6) is 0 Å². The van der Waals surface area contributed by atoms with Crippen LogP contribution in [0.1, 0.15) is 18.9 Å². The normalized spacial score (nSPS) is 22.6. The number of nitrogens with zero attached hydrogens (tertiary/aromatic N) is 1. The number of piperidine rings is 1. The first-order valence-corrected chi connectivity index (χ1v) is 7.00. The standard InChI is InChI=1S/C15H21FN2O2/c1-2-20-15(19)18-9-12(8-14(17)10-18)6-11-4-3-5-13(16)7-11/h3-5,7,12,14H,2,6,8-10,17H2,1H3. The quantitative estimate of drug-likeness (QED) is 0.923. The van der Waals surface area contributed by atoms with Crippen molar-refractivity contribution >= 4 is 6.09 Å². The van der Waals surface area contributed by atoms with E-state index in [2.05, 4.69) is 0 Å². The minimum Gasteiger partial charge on any atom is -0.450 e. The van der Waals surface area contributed by atoms with Crippen molar-refractivity contribution in [3.8, 4) is 0 Å². The third-order valence-electron chi connectivity index (χ3n) is 3.51. The van der Waals surface area contributed by atoms with Crippen molar-refractivity contribution in [3.63, 3.8) is 0 Å². The fourth-order valence-corrected chi connectivity index (χ4v) is 2.76. The predicted molar refractivity (Wildman–Crippen MR) is 74.8 cm³/mol. The summed E-state index contributed by atoms with van der Waals surface area (Å²) in [7, 11) is 0. The lowest BCUT2D eigenvalue weighted by Crippen LogP contribution is -2.50. The minimum atomic E-state index is -0.313. The van der Waals surface area contributed by atoms with Crippen molar-refractivity contribution in [3.05, 3.63) is 35.6 Å². The molecule has 1 saturated heterocycles. The highest BCUT2D eigenvalue weighted by molar-refractivity contribution is 5.67. The molecule has 2 N–H and O–H groups in total. The van der Waals surface area contributed by atoms with E-state index < -0.39 is 0 Å². The zero-order chi connectivity index (χ0) is 14.5. The Morgan fingerprint density at radius 1 is 1.50 bits per heavy atom. The number of nitrogens with two attached hydrogens (primary N) is 1. The monoisotopic (exact) mass is 280 g/mol. The van der Waals surface area contributed by atoms with Gasteiger partial charge in [0.25, 0.3) is 0 Å². The molecular formula is C15H21FN2O2. The second kappa shape index (κ2) is 6.70. The van der Waals surface area contributed by atoms with Crippen molar-refractivity contribution in [2.45, 2.75) is 25.8 Å². The number of amides is 1. The van der Waals surface area contributed by atoms with Gasteiger partial charge in [-0.05, 0) is 43.4 Å². The van der Waals surface area contributed by atoms with Crippen LogP contribution in [0.2, 0.25) is 0 Å². The van der Waals surface area contributed by atoms with Crippen LogP contribution >= 0.6 is 0 Å². The Kier molecular flexibility index (Phi) is 4.95. The van der Waals surface area contributed by atoms with Gasteiger partial charge in [-0.15, -0.1) is 0 Å². The molecule has 0 radical (unpaired) electrons. The van der Waals surface area contributed by atoms with Gasteiger partial charge in [-0.2, -0.15) is 0 Å². The van der Waals surface area contributed by atoms with Crippen molar-refractivity contribution in [2.24, 2.45) is 11.7 Å². The average Bonchev–Trinajstić information content (AvgIpc) is 2.38. The van der Waals surface area contributed by atoms with E-state index in [0.717, 1.165) is 18.4 Å². The molecule has 1 amide bonds. The van der Waals surface area contributed by atoms with E-state index >= 15 is 0 Å². The summed E-state index contributed by atoms with van der Waals surface area (Å²) in [4.78, 5) is 13.4. The summed E-state index contributed by atoms with van der Waals surface area (Å²) in [6, 6.07) is 6.52. The van der Waals surface area contributed by atoms with Crippen LogP contribution in [-0.2, 0) is 11.2 Å². The molecule has 1 aliphatic heterocycles. The molecule has 1 fully saturated rings. The van der Waals surface area contributed by atoms with E-state index in [1.165, 1.54) is 12.1 Å². The van der Waals surface area contributed by atoms with Crippen LogP contribution in [0.25, 0.3) is 0 Å². The minimum absolute atomic E-state index is 0.0493. The number of hydrogen-bond donors (Lipinski definition) is 1. The molecular weight excluding hydrogens is 259 g/mol. The summed E-state index contributed by atoms with van der Waals surface area (Å²) >= 11 is 0. The smallest absolute Gasteiger partial charge is 0.409 e. The molecule has 2 rings (SSSR count). The fraction of sp³-hybridized carbons (Fsp3) is 0.533. The van der Waals surface area contributed by atoms with E-state index in [1.807, 2.05) is 6.07 Å². The summed E-state index contributed by atoms with van der Waals surface area (Å²) in [6.45, 7) is 3.28. The second-order valence-electron chi connectivity index (χ2n) is 5.30. The van der Waals surface area contributed by atoms with Gasteiger partial charge in [-0.1, -0.05) is 12.1 Å². The molecule has 1 aromatic carbocycles. The van der Waals surface area contributed by atoms with Crippen LogP contribution < -0.4 is 5.73 Å². The second-order valence-corrected chi connectivity index (χ2v) is 5.30. The molecule has 0 saturated carbocycles. The van der Waals surface area contributed by atoms with Crippen LogP contribution in [-0.4, -0.2) is 36.7 Å². The number of hydrogen-bond acceptors (Lipinski definition) is 3. The van der Waals surface area contributed by atoms with Gasteiger partial charge in [-0.3, -0.25) is 0 Å². The largest absolute Gasteiger partial charge is 0.450 e. The van der Waals surface area contributed by atoms with Crippen LogP contribution in [0.15, 0.2) is 24.3 Å². The van der Waals surface area contributed by atoms with Gasteiger partial charge in [0.2, 0.25) is 0 Å². The molecule has 0 aromatic heterocycles. The Labute approximate surface area is 118 Å². The van der Waals surface area contributed by atoms with Gasteiger partial charge < -0.3 is 15.4 Å². The molecule has 0 aliphatic carbocycles. The SMILES string of the molecule is CCOC(=O)N1CC(N)CC(Cc2cccc(F)c2)C1. The third-order valence-corrected chi connectivity index (χ3v) is 3.51. The molecule has 1 aliphatic rings. The van der Waals surface area contributed by atoms with Crippen LogP contribution in [0.4, 0.5) is 9.18 Å². The average molecular weight is 280 g/mol. The number of carbonyl (C=O) groups excluding carboxylic acids is 1. The number of halogens is 1. The fourth-order valence-electron chi connectivity index (χ4n) is 2.76.